The van der Waals surface area contributed by atoms with E-state index in [1.165, 1.54) is 28.7 Å². The second-order valence-corrected chi connectivity index (χ2v) is 10.7. The Balaban J connectivity index is 1.71. The molecule has 0 spiro atoms. The number of amides is 1. The van der Waals surface area contributed by atoms with Gasteiger partial charge in [-0.3, -0.25) is 10.1 Å². The summed E-state index contributed by atoms with van der Waals surface area (Å²) in [5.41, 5.74) is 1.27. The van der Waals surface area contributed by atoms with Gasteiger partial charge in [-0.05, 0) is 58.2 Å². The zero-order valence-electron chi connectivity index (χ0n) is 19.5. The predicted octanol–water partition coefficient (Wildman–Crippen LogP) is 5.40. The van der Waals surface area contributed by atoms with Crippen molar-refractivity contribution < 1.29 is 9.53 Å². The van der Waals surface area contributed by atoms with Crippen LogP contribution in [0.2, 0.25) is 0 Å². The Kier molecular flexibility index (Phi) is 7.89. The SMILES string of the molecule is Cc1nnc(NC(=O)C(C)Sc2nnc(C(C)Oc3ccc(C(C)C)cc3)n2C(C)C)s1. The van der Waals surface area contributed by atoms with Crippen LogP contribution in [0.25, 0.3) is 0 Å². The van der Waals surface area contributed by atoms with Crippen LogP contribution in [-0.4, -0.2) is 36.1 Å². The molecule has 8 nitrogen and oxygen atoms in total. The molecule has 0 saturated heterocycles. The quantitative estimate of drug-likeness (QED) is 0.415. The number of benzene rings is 1. The van der Waals surface area contributed by atoms with E-state index in [4.69, 9.17) is 4.74 Å². The van der Waals surface area contributed by atoms with E-state index < -0.39 is 0 Å². The maximum absolute atomic E-state index is 12.6. The fourth-order valence-electron chi connectivity index (χ4n) is 3.09. The molecule has 0 aliphatic rings. The van der Waals surface area contributed by atoms with E-state index in [1.54, 1.807) is 0 Å². The molecule has 2 unspecified atom stereocenters. The summed E-state index contributed by atoms with van der Waals surface area (Å²) >= 11 is 2.71. The normalized spacial score (nSPS) is 13.4. The highest BCUT2D eigenvalue weighted by molar-refractivity contribution is 8.00. The summed E-state index contributed by atoms with van der Waals surface area (Å²) in [6.45, 7) is 14.1. The monoisotopic (exact) mass is 474 g/mol. The van der Waals surface area contributed by atoms with Crippen molar-refractivity contribution in [2.45, 2.75) is 76.9 Å². The zero-order chi connectivity index (χ0) is 23.4. The molecular weight excluding hydrogens is 444 g/mol. The number of ether oxygens (including phenoxy) is 1. The number of nitrogens with zero attached hydrogens (tertiary/aromatic N) is 5. The number of thioether (sulfide) groups is 1. The number of anilines is 1. The lowest BCUT2D eigenvalue weighted by Gasteiger charge is -2.20. The maximum atomic E-state index is 12.6. The number of hydrogen-bond donors (Lipinski definition) is 1. The van der Waals surface area contributed by atoms with Crippen LogP contribution in [0.5, 0.6) is 5.75 Å². The first-order valence-corrected chi connectivity index (χ1v) is 12.3. The zero-order valence-corrected chi connectivity index (χ0v) is 21.1. The molecule has 1 N–H and O–H groups in total. The molecule has 0 radical (unpaired) electrons. The summed E-state index contributed by atoms with van der Waals surface area (Å²) in [7, 11) is 0. The van der Waals surface area contributed by atoms with Crippen LogP contribution in [0.1, 0.15) is 76.0 Å². The van der Waals surface area contributed by atoms with Gasteiger partial charge >= 0.3 is 0 Å². The third-order valence-electron chi connectivity index (χ3n) is 4.84. The van der Waals surface area contributed by atoms with Gasteiger partial charge in [-0.2, -0.15) is 0 Å². The van der Waals surface area contributed by atoms with Gasteiger partial charge < -0.3 is 9.30 Å². The fraction of sp³-hybridized carbons (Fsp3) is 0.500. The van der Waals surface area contributed by atoms with Gasteiger partial charge in [0.15, 0.2) is 17.1 Å². The molecule has 3 rings (SSSR count). The Morgan fingerprint density at radius 2 is 1.72 bits per heavy atom. The van der Waals surface area contributed by atoms with Gasteiger partial charge in [0, 0.05) is 6.04 Å². The van der Waals surface area contributed by atoms with Gasteiger partial charge in [0.25, 0.3) is 0 Å². The van der Waals surface area contributed by atoms with Crippen LogP contribution in [0.4, 0.5) is 5.13 Å². The van der Waals surface area contributed by atoms with Crippen molar-refractivity contribution in [1.82, 2.24) is 25.0 Å². The Morgan fingerprint density at radius 3 is 2.28 bits per heavy atom. The largest absolute Gasteiger partial charge is 0.483 e. The minimum Gasteiger partial charge on any atom is -0.483 e. The summed E-state index contributed by atoms with van der Waals surface area (Å²) in [4.78, 5) is 12.6. The Morgan fingerprint density at radius 1 is 1.03 bits per heavy atom. The molecule has 0 bridgehead atoms. The number of carbonyl (C=O) groups excluding carboxylic acids is 1. The fourth-order valence-corrected chi connectivity index (χ4v) is 4.67. The summed E-state index contributed by atoms with van der Waals surface area (Å²) in [5, 5.41) is 21.0. The van der Waals surface area contributed by atoms with E-state index in [0.717, 1.165) is 16.6 Å². The van der Waals surface area contributed by atoms with Gasteiger partial charge in [0.1, 0.15) is 10.8 Å². The third kappa shape index (κ3) is 5.86. The molecule has 1 aromatic carbocycles. The van der Waals surface area contributed by atoms with Gasteiger partial charge in [-0.15, -0.1) is 20.4 Å². The van der Waals surface area contributed by atoms with Crippen LogP contribution in [0.3, 0.4) is 0 Å². The van der Waals surface area contributed by atoms with Crippen LogP contribution < -0.4 is 10.1 Å². The van der Waals surface area contributed by atoms with E-state index >= 15 is 0 Å². The highest BCUT2D eigenvalue weighted by Crippen LogP contribution is 2.30. The van der Waals surface area contributed by atoms with Crippen LogP contribution in [0.15, 0.2) is 29.4 Å². The first kappa shape index (κ1) is 24.2. The van der Waals surface area contributed by atoms with E-state index in [1.807, 2.05) is 37.5 Å². The standard InChI is InChI=1S/C22H30N6O2S2/c1-12(2)17-8-10-18(11-9-17)30-14(5)19-25-27-22(28(19)13(3)4)31-15(6)20(29)23-21-26-24-16(7)32-21/h8-15H,1-7H3,(H,23,26,29). The van der Waals surface area contributed by atoms with Crippen molar-refractivity contribution in [3.05, 3.63) is 40.7 Å². The van der Waals surface area contributed by atoms with E-state index in [2.05, 4.69) is 65.5 Å². The Labute approximate surface area is 197 Å². The number of aryl methyl sites for hydroxylation is 1. The lowest BCUT2D eigenvalue weighted by Crippen LogP contribution is -2.23. The lowest BCUT2D eigenvalue weighted by molar-refractivity contribution is -0.115. The Bertz CT molecular complexity index is 1050. The number of rotatable bonds is 9. The van der Waals surface area contributed by atoms with Gasteiger partial charge in [0.05, 0.1) is 5.25 Å². The third-order valence-corrected chi connectivity index (χ3v) is 6.65. The molecule has 2 atom stereocenters. The second kappa shape index (κ2) is 10.4. The van der Waals surface area contributed by atoms with Crippen molar-refractivity contribution in [3.8, 4) is 5.75 Å². The van der Waals surface area contributed by atoms with E-state index in [9.17, 15) is 4.79 Å². The molecule has 32 heavy (non-hydrogen) atoms. The number of nitrogens with one attached hydrogen (secondary N) is 1. The first-order chi connectivity index (χ1) is 15.2. The van der Waals surface area contributed by atoms with Gasteiger partial charge in [0.2, 0.25) is 11.0 Å². The molecule has 2 heterocycles. The van der Waals surface area contributed by atoms with E-state index in [0.29, 0.717) is 16.2 Å². The van der Waals surface area contributed by atoms with Crippen molar-refractivity contribution in [2.24, 2.45) is 0 Å². The summed E-state index contributed by atoms with van der Waals surface area (Å²) in [5.74, 6) is 1.83. The lowest BCUT2D eigenvalue weighted by atomic mass is 10.0. The minimum atomic E-state index is -0.381. The number of aromatic nitrogens is 5. The summed E-state index contributed by atoms with van der Waals surface area (Å²) in [6.07, 6.45) is -0.294. The summed E-state index contributed by atoms with van der Waals surface area (Å²) < 4.78 is 8.17. The van der Waals surface area contributed by atoms with Crippen LogP contribution in [0, 0.1) is 6.92 Å². The maximum Gasteiger partial charge on any atom is 0.239 e. The van der Waals surface area contributed by atoms with Crippen molar-refractivity contribution in [1.29, 1.82) is 0 Å². The average molecular weight is 475 g/mol. The molecule has 172 valence electrons. The molecule has 0 fully saturated rings. The number of carbonyl (C=O) groups is 1. The molecule has 0 saturated carbocycles. The van der Waals surface area contributed by atoms with Gasteiger partial charge in [-0.25, -0.2) is 0 Å². The molecule has 2 aromatic heterocycles. The highest BCUT2D eigenvalue weighted by Gasteiger charge is 2.25. The molecule has 0 aliphatic carbocycles. The smallest absolute Gasteiger partial charge is 0.239 e. The second-order valence-electron chi connectivity index (χ2n) is 8.16. The molecule has 0 aliphatic heterocycles. The van der Waals surface area contributed by atoms with Crippen LogP contribution >= 0.6 is 23.1 Å². The van der Waals surface area contributed by atoms with Gasteiger partial charge in [-0.1, -0.05) is 49.1 Å². The summed E-state index contributed by atoms with van der Waals surface area (Å²) in [6, 6.07) is 8.25. The number of hydrogen-bond acceptors (Lipinski definition) is 8. The molecule has 1 amide bonds. The van der Waals surface area contributed by atoms with Crippen molar-refractivity contribution in [2.75, 3.05) is 5.32 Å². The van der Waals surface area contributed by atoms with Crippen molar-refractivity contribution in [3.63, 3.8) is 0 Å². The predicted molar refractivity (Wildman–Crippen MR) is 129 cm³/mol. The first-order valence-electron chi connectivity index (χ1n) is 10.6. The van der Waals surface area contributed by atoms with Crippen LogP contribution in [-0.2, 0) is 4.79 Å². The average Bonchev–Trinajstić information content (AvgIpc) is 3.34. The molecule has 10 heteroatoms. The Hall–Kier alpha value is -2.46. The highest BCUT2D eigenvalue weighted by atomic mass is 32.2. The molecule has 3 aromatic rings. The topological polar surface area (TPSA) is 94.8 Å². The van der Waals surface area contributed by atoms with E-state index in [-0.39, 0.29) is 23.3 Å². The molecular formula is C22H30N6O2S2. The van der Waals surface area contributed by atoms with Crippen molar-refractivity contribution >= 4 is 34.1 Å². The minimum absolute atomic E-state index is 0.109.